The first-order chi connectivity index (χ1) is 13.0. The zero-order chi connectivity index (χ0) is 19.1. The highest BCUT2D eigenvalue weighted by molar-refractivity contribution is 6.30. The van der Waals surface area contributed by atoms with E-state index in [0.29, 0.717) is 16.9 Å². The van der Waals surface area contributed by atoms with Gasteiger partial charge >= 0.3 is 0 Å². The molecule has 0 atom stereocenters. The summed E-state index contributed by atoms with van der Waals surface area (Å²) in [5.74, 6) is -1.74. The average molecular weight is 356 g/mol. The second kappa shape index (κ2) is 6.00. The zero-order valence-electron chi connectivity index (χ0n) is 13.9. The van der Waals surface area contributed by atoms with Gasteiger partial charge in [-0.25, -0.2) is 0 Å². The zero-order valence-corrected chi connectivity index (χ0v) is 13.9. The van der Waals surface area contributed by atoms with Crippen LogP contribution in [-0.4, -0.2) is 21.8 Å². The van der Waals surface area contributed by atoms with E-state index in [-0.39, 0.29) is 33.8 Å². The molecule has 6 nitrogen and oxygen atoms in total. The van der Waals surface area contributed by atoms with Gasteiger partial charge in [0.15, 0.2) is 11.6 Å². The average Bonchev–Trinajstić information content (AvgIpc) is 2.68. The van der Waals surface area contributed by atoms with Crippen LogP contribution in [-0.2, 0) is 0 Å². The normalized spacial score (nSPS) is 12.1. The molecule has 0 spiro atoms. The van der Waals surface area contributed by atoms with Crippen molar-refractivity contribution in [2.24, 2.45) is 0 Å². The Bertz CT molecular complexity index is 1160. The Labute approximate surface area is 153 Å². The first kappa shape index (κ1) is 16.4. The van der Waals surface area contributed by atoms with Crippen molar-refractivity contribution in [2.45, 2.75) is 0 Å². The molecule has 1 aliphatic rings. The second-order valence-corrected chi connectivity index (χ2v) is 6.09. The minimum atomic E-state index is -0.531. The van der Waals surface area contributed by atoms with E-state index >= 15 is 0 Å². The number of phenols is 2. The summed E-state index contributed by atoms with van der Waals surface area (Å²) in [6.45, 7) is 0. The lowest BCUT2D eigenvalue weighted by Gasteiger charge is -2.20. The fourth-order valence-electron chi connectivity index (χ4n) is 3.11. The van der Waals surface area contributed by atoms with Crippen molar-refractivity contribution in [1.82, 2.24) is 0 Å². The predicted octanol–water partition coefficient (Wildman–Crippen LogP) is 3.49. The summed E-state index contributed by atoms with van der Waals surface area (Å²) in [5, 5.41) is 31.9. The maximum Gasteiger partial charge on any atom is 0.198 e. The number of phenolic OH excluding ortho intramolecular Hbond substituents is 2. The first-order valence-electron chi connectivity index (χ1n) is 8.05. The molecule has 0 fully saturated rings. The third-order valence-electron chi connectivity index (χ3n) is 4.43. The lowest BCUT2D eigenvalue weighted by atomic mass is 9.83. The fourth-order valence-corrected chi connectivity index (χ4v) is 3.11. The standard InChI is InChI=1S/C21H12N2O4/c22-10-11-1-3-12(4-2-11)23-13-5-6-14-15(9-13)21(27)19-17(25)8-7-16(24)18(19)20(14)26/h1-9,23-25H. The lowest BCUT2D eigenvalue weighted by Crippen LogP contribution is -2.21. The van der Waals surface area contributed by atoms with E-state index in [1.807, 2.05) is 6.07 Å². The molecule has 6 heteroatoms. The minimum Gasteiger partial charge on any atom is -0.507 e. The van der Waals surface area contributed by atoms with Gasteiger partial charge in [0.25, 0.3) is 0 Å². The minimum absolute atomic E-state index is 0.145. The largest absolute Gasteiger partial charge is 0.507 e. The second-order valence-electron chi connectivity index (χ2n) is 6.09. The third-order valence-corrected chi connectivity index (χ3v) is 4.43. The molecule has 0 aromatic heterocycles. The molecule has 1 aliphatic carbocycles. The van der Waals surface area contributed by atoms with E-state index in [0.717, 1.165) is 0 Å². The fraction of sp³-hybridized carbons (Fsp3) is 0. The van der Waals surface area contributed by atoms with Crippen molar-refractivity contribution in [3.05, 3.63) is 82.4 Å². The molecular formula is C21H12N2O4. The molecule has 0 radical (unpaired) electrons. The van der Waals surface area contributed by atoms with E-state index in [1.165, 1.54) is 24.3 Å². The number of carbonyl (C=O) groups is 2. The molecule has 3 aromatic carbocycles. The third kappa shape index (κ3) is 2.58. The van der Waals surface area contributed by atoms with Crippen LogP contribution in [0, 0.1) is 11.3 Å². The van der Waals surface area contributed by atoms with Crippen LogP contribution < -0.4 is 5.32 Å². The van der Waals surface area contributed by atoms with Gasteiger partial charge in [-0.15, -0.1) is 0 Å². The number of anilines is 2. The summed E-state index contributed by atoms with van der Waals surface area (Å²) in [4.78, 5) is 25.5. The smallest absolute Gasteiger partial charge is 0.198 e. The van der Waals surface area contributed by atoms with Crippen LogP contribution in [0.5, 0.6) is 11.5 Å². The van der Waals surface area contributed by atoms with Crippen LogP contribution >= 0.6 is 0 Å². The number of rotatable bonds is 2. The molecule has 27 heavy (non-hydrogen) atoms. The van der Waals surface area contributed by atoms with Crippen LogP contribution in [0.2, 0.25) is 0 Å². The number of nitriles is 1. The van der Waals surface area contributed by atoms with Gasteiger partial charge in [0, 0.05) is 22.5 Å². The Kier molecular flexibility index (Phi) is 3.64. The molecule has 0 aliphatic heterocycles. The summed E-state index contributed by atoms with van der Waals surface area (Å²) in [7, 11) is 0. The molecule has 0 amide bonds. The molecule has 0 heterocycles. The summed E-state index contributed by atoms with van der Waals surface area (Å²) in [6, 6.07) is 15.9. The van der Waals surface area contributed by atoms with Crippen LogP contribution in [0.4, 0.5) is 11.4 Å². The SMILES string of the molecule is N#Cc1ccc(Nc2ccc3c(c2)C(=O)c2c(O)ccc(O)c2C3=O)cc1. The van der Waals surface area contributed by atoms with Gasteiger partial charge in [0.1, 0.15) is 11.5 Å². The topological polar surface area (TPSA) is 110 Å². The number of fused-ring (bicyclic) bond motifs is 2. The Morgan fingerprint density at radius 3 is 1.89 bits per heavy atom. The summed E-state index contributed by atoms with van der Waals surface area (Å²) >= 11 is 0. The van der Waals surface area contributed by atoms with Gasteiger partial charge in [-0.05, 0) is 54.6 Å². The molecule has 0 saturated carbocycles. The van der Waals surface area contributed by atoms with Gasteiger partial charge in [-0.3, -0.25) is 9.59 Å². The number of hydrogen-bond donors (Lipinski definition) is 3. The molecule has 4 rings (SSSR count). The van der Waals surface area contributed by atoms with Gasteiger partial charge in [-0.1, -0.05) is 0 Å². The van der Waals surface area contributed by atoms with Crippen LogP contribution in [0.15, 0.2) is 54.6 Å². The molecule has 0 bridgehead atoms. The maximum atomic E-state index is 12.8. The van der Waals surface area contributed by atoms with E-state index in [1.54, 1.807) is 30.3 Å². The van der Waals surface area contributed by atoms with Gasteiger partial charge in [0.05, 0.1) is 22.8 Å². The van der Waals surface area contributed by atoms with Crippen molar-refractivity contribution < 1.29 is 19.8 Å². The van der Waals surface area contributed by atoms with Crippen molar-refractivity contribution in [3.63, 3.8) is 0 Å². The number of hydrogen-bond acceptors (Lipinski definition) is 6. The molecule has 0 saturated heterocycles. The Hall–Kier alpha value is -4.11. The van der Waals surface area contributed by atoms with Crippen molar-refractivity contribution in [3.8, 4) is 17.6 Å². The highest BCUT2D eigenvalue weighted by atomic mass is 16.3. The molecule has 130 valence electrons. The lowest BCUT2D eigenvalue weighted by molar-refractivity contribution is 0.0974. The Balaban J connectivity index is 1.76. The Morgan fingerprint density at radius 1 is 0.741 bits per heavy atom. The monoisotopic (exact) mass is 356 g/mol. The highest BCUT2D eigenvalue weighted by Gasteiger charge is 2.34. The first-order valence-corrected chi connectivity index (χ1v) is 8.05. The highest BCUT2D eigenvalue weighted by Crippen LogP contribution is 2.38. The van der Waals surface area contributed by atoms with Gasteiger partial charge in [0.2, 0.25) is 0 Å². The summed E-state index contributed by atoms with van der Waals surface area (Å²) in [6.07, 6.45) is 0. The summed E-state index contributed by atoms with van der Waals surface area (Å²) in [5.41, 5.74) is 1.75. The summed E-state index contributed by atoms with van der Waals surface area (Å²) < 4.78 is 0. The van der Waals surface area contributed by atoms with E-state index < -0.39 is 11.6 Å². The van der Waals surface area contributed by atoms with Crippen molar-refractivity contribution >= 4 is 22.9 Å². The van der Waals surface area contributed by atoms with Crippen LogP contribution in [0.1, 0.15) is 37.4 Å². The number of ketones is 2. The van der Waals surface area contributed by atoms with Gasteiger partial charge in [-0.2, -0.15) is 5.26 Å². The number of benzene rings is 3. The molecule has 3 N–H and O–H groups in total. The van der Waals surface area contributed by atoms with Gasteiger partial charge < -0.3 is 15.5 Å². The maximum absolute atomic E-state index is 12.8. The number of nitrogens with zero attached hydrogens (tertiary/aromatic N) is 1. The number of nitrogens with one attached hydrogen (secondary N) is 1. The number of carbonyl (C=O) groups excluding carboxylic acids is 2. The van der Waals surface area contributed by atoms with E-state index in [9.17, 15) is 19.8 Å². The van der Waals surface area contributed by atoms with E-state index in [2.05, 4.69) is 5.32 Å². The van der Waals surface area contributed by atoms with Crippen molar-refractivity contribution in [1.29, 1.82) is 5.26 Å². The van der Waals surface area contributed by atoms with Crippen molar-refractivity contribution in [2.75, 3.05) is 5.32 Å². The Morgan fingerprint density at radius 2 is 1.30 bits per heavy atom. The predicted molar refractivity (Wildman–Crippen MR) is 97.5 cm³/mol. The quantitative estimate of drug-likeness (QED) is 0.474. The van der Waals surface area contributed by atoms with E-state index in [4.69, 9.17) is 5.26 Å². The van der Waals surface area contributed by atoms with Crippen LogP contribution in [0.3, 0.4) is 0 Å². The number of aromatic hydroxyl groups is 2. The van der Waals surface area contributed by atoms with Crippen LogP contribution in [0.25, 0.3) is 0 Å². The molecular weight excluding hydrogens is 344 g/mol. The molecule has 3 aromatic rings. The molecule has 0 unspecified atom stereocenters.